The van der Waals surface area contributed by atoms with Crippen molar-refractivity contribution in [2.24, 2.45) is 11.7 Å². The zero-order valence-corrected chi connectivity index (χ0v) is 12.2. The predicted molar refractivity (Wildman–Crippen MR) is 78.7 cm³/mol. The Morgan fingerprint density at radius 2 is 1.78 bits per heavy atom. The van der Waals surface area contributed by atoms with Crippen LogP contribution in [-0.4, -0.2) is 30.1 Å². The molecule has 0 bridgehead atoms. The predicted octanol–water partition coefficient (Wildman–Crippen LogP) is 3.55. The zero-order chi connectivity index (χ0) is 12.8. The minimum atomic E-state index is 0.469. The second-order valence-electron chi connectivity index (χ2n) is 6.50. The molecular weight excluding hydrogens is 220 g/mol. The fourth-order valence-corrected chi connectivity index (χ4v) is 3.90. The van der Waals surface area contributed by atoms with Crippen molar-refractivity contribution in [3.63, 3.8) is 0 Å². The van der Waals surface area contributed by atoms with Gasteiger partial charge in [0.15, 0.2) is 0 Å². The molecule has 1 saturated heterocycles. The summed E-state index contributed by atoms with van der Waals surface area (Å²) in [6, 6.07) is 1.33. The van der Waals surface area contributed by atoms with E-state index in [-0.39, 0.29) is 0 Å². The highest BCUT2D eigenvalue weighted by Crippen LogP contribution is 2.27. The molecule has 3 unspecified atom stereocenters. The molecule has 2 N–H and O–H groups in total. The SMILES string of the molecule is CCCC1CCCCN1CC1CCCCCC1N. The summed E-state index contributed by atoms with van der Waals surface area (Å²) in [6.07, 6.45) is 13.8. The highest BCUT2D eigenvalue weighted by molar-refractivity contribution is 4.83. The number of nitrogens with two attached hydrogens (primary N) is 1. The smallest absolute Gasteiger partial charge is 0.00952 e. The number of nitrogens with zero attached hydrogens (tertiary/aromatic N) is 1. The van der Waals surface area contributed by atoms with E-state index in [1.165, 1.54) is 77.3 Å². The molecule has 0 spiro atoms. The van der Waals surface area contributed by atoms with Crippen LogP contribution in [0.25, 0.3) is 0 Å². The normalized spacial score (nSPS) is 35.3. The standard InChI is InChI=1S/C16H32N2/c1-2-8-15-10-6-7-12-18(15)13-14-9-4-3-5-11-16(14)17/h14-16H,2-13,17H2,1H3. The third kappa shape index (κ3) is 3.96. The maximum absolute atomic E-state index is 6.39. The maximum Gasteiger partial charge on any atom is 0.00952 e. The number of hydrogen-bond acceptors (Lipinski definition) is 2. The number of rotatable bonds is 4. The monoisotopic (exact) mass is 252 g/mol. The van der Waals surface area contributed by atoms with Crippen molar-refractivity contribution < 1.29 is 0 Å². The summed E-state index contributed by atoms with van der Waals surface area (Å²) < 4.78 is 0. The van der Waals surface area contributed by atoms with E-state index in [9.17, 15) is 0 Å². The third-order valence-corrected chi connectivity index (χ3v) is 5.06. The molecule has 0 aromatic rings. The summed E-state index contributed by atoms with van der Waals surface area (Å²) in [4.78, 5) is 2.78. The topological polar surface area (TPSA) is 29.3 Å². The van der Waals surface area contributed by atoms with Gasteiger partial charge in [-0.1, -0.05) is 39.0 Å². The molecule has 0 radical (unpaired) electrons. The van der Waals surface area contributed by atoms with Gasteiger partial charge in [-0.15, -0.1) is 0 Å². The maximum atomic E-state index is 6.39. The minimum absolute atomic E-state index is 0.469. The van der Waals surface area contributed by atoms with Gasteiger partial charge >= 0.3 is 0 Å². The van der Waals surface area contributed by atoms with Crippen LogP contribution >= 0.6 is 0 Å². The minimum Gasteiger partial charge on any atom is -0.327 e. The van der Waals surface area contributed by atoms with Crippen molar-refractivity contribution in [3.05, 3.63) is 0 Å². The molecule has 18 heavy (non-hydrogen) atoms. The first kappa shape index (κ1) is 14.3. The van der Waals surface area contributed by atoms with Crippen molar-refractivity contribution >= 4 is 0 Å². The Hall–Kier alpha value is -0.0800. The van der Waals surface area contributed by atoms with Gasteiger partial charge in [0.25, 0.3) is 0 Å². The first-order valence-corrected chi connectivity index (χ1v) is 8.31. The average Bonchev–Trinajstić information content (AvgIpc) is 2.58. The van der Waals surface area contributed by atoms with Crippen molar-refractivity contribution in [1.82, 2.24) is 4.90 Å². The van der Waals surface area contributed by atoms with Crippen LogP contribution in [0.4, 0.5) is 0 Å². The lowest BCUT2D eigenvalue weighted by Gasteiger charge is -2.39. The van der Waals surface area contributed by atoms with Crippen molar-refractivity contribution in [3.8, 4) is 0 Å². The van der Waals surface area contributed by atoms with Crippen LogP contribution in [0.15, 0.2) is 0 Å². The van der Waals surface area contributed by atoms with Crippen molar-refractivity contribution in [2.45, 2.75) is 83.2 Å². The van der Waals surface area contributed by atoms with Crippen LogP contribution in [0.5, 0.6) is 0 Å². The molecule has 2 heteroatoms. The number of likely N-dealkylation sites (tertiary alicyclic amines) is 1. The fraction of sp³-hybridized carbons (Fsp3) is 1.00. The molecule has 1 aliphatic heterocycles. The van der Waals surface area contributed by atoms with Gasteiger partial charge in [-0.25, -0.2) is 0 Å². The highest BCUT2D eigenvalue weighted by atomic mass is 15.2. The van der Waals surface area contributed by atoms with Gasteiger partial charge in [0.05, 0.1) is 0 Å². The zero-order valence-electron chi connectivity index (χ0n) is 12.2. The van der Waals surface area contributed by atoms with Crippen LogP contribution in [0.3, 0.4) is 0 Å². The van der Waals surface area contributed by atoms with Gasteiger partial charge in [-0.3, -0.25) is 0 Å². The summed E-state index contributed by atoms with van der Waals surface area (Å²) in [7, 11) is 0. The van der Waals surface area contributed by atoms with Gasteiger partial charge in [0, 0.05) is 18.6 Å². The van der Waals surface area contributed by atoms with E-state index < -0.39 is 0 Å². The summed E-state index contributed by atoms with van der Waals surface area (Å²) in [5, 5.41) is 0. The first-order valence-electron chi connectivity index (χ1n) is 8.31. The highest BCUT2D eigenvalue weighted by Gasteiger charge is 2.27. The van der Waals surface area contributed by atoms with Crippen LogP contribution in [0.2, 0.25) is 0 Å². The Morgan fingerprint density at radius 3 is 2.61 bits per heavy atom. The van der Waals surface area contributed by atoms with E-state index in [2.05, 4.69) is 11.8 Å². The lowest BCUT2D eigenvalue weighted by molar-refractivity contribution is 0.108. The lowest BCUT2D eigenvalue weighted by atomic mass is 9.91. The van der Waals surface area contributed by atoms with E-state index >= 15 is 0 Å². The van der Waals surface area contributed by atoms with E-state index in [4.69, 9.17) is 5.73 Å². The van der Waals surface area contributed by atoms with Crippen LogP contribution in [0.1, 0.15) is 71.1 Å². The molecule has 106 valence electrons. The van der Waals surface area contributed by atoms with E-state index in [1.807, 2.05) is 0 Å². The summed E-state index contributed by atoms with van der Waals surface area (Å²) in [5.41, 5.74) is 6.39. The molecule has 2 fully saturated rings. The molecule has 0 aromatic carbocycles. The van der Waals surface area contributed by atoms with Crippen molar-refractivity contribution in [1.29, 1.82) is 0 Å². The van der Waals surface area contributed by atoms with Crippen LogP contribution < -0.4 is 5.73 Å². The largest absolute Gasteiger partial charge is 0.327 e. The van der Waals surface area contributed by atoms with E-state index in [1.54, 1.807) is 0 Å². The van der Waals surface area contributed by atoms with Crippen molar-refractivity contribution in [2.75, 3.05) is 13.1 Å². The second-order valence-corrected chi connectivity index (χ2v) is 6.50. The van der Waals surface area contributed by atoms with Gasteiger partial charge in [0.2, 0.25) is 0 Å². The summed E-state index contributed by atoms with van der Waals surface area (Å²) >= 11 is 0. The summed E-state index contributed by atoms with van der Waals surface area (Å²) in [5.74, 6) is 0.768. The van der Waals surface area contributed by atoms with Gasteiger partial charge < -0.3 is 10.6 Å². The molecule has 2 rings (SSSR count). The molecule has 1 aliphatic carbocycles. The quantitative estimate of drug-likeness (QED) is 0.775. The van der Waals surface area contributed by atoms with E-state index in [0.29, 0.717) is 6.04 Å². The molecule has 1 saturated carbocycles. The Morgan fingerprint density at radius 1 is 1.00 bits per heavy atom. The lowest BCUT2D eigenvalue weighted by Crippen LogP contribution is -2.45. The Bertz CT molecular complexity index is 227. The van der Waals surface area contributed by atoms with Gasteiger partial charge in [-0.05, 0) is 44.6 Å². The average molecular weight is 252 g/mol. The van der Waals surface area contributed by atoms with Crippen LogP contribution in [0, 0.1) is 5.92 Å². The third-order valence-electron chi connectivity index (χ3n) is 5.06. The molecule has 0 aromatic heterocycles. The Labute approximate surface area is 113 Å². The molecule has 1 heterocycles. The molecule has 3 atom stereocenters. The Kier molecular flexibility index (Phi) is 5.97. The second kappa shape index (κ2) is 7.49. The number of hydrogen-bond donors (Lipinski definition) is 1. The molecule has 2 aliphatic rings. The first-order chi connectivity index (χ1) is 8.81. The number of piperidine rings is 1. The molecule has 2 nitrogen and oxygen atoms in total. The van der Waals surface area contributed by atoms with E-state index in [0.717, 1.165) is 12.0 Å². The summed E-state index contributed by atoms with van der Waals surface area (Å²) in [6.45, 7) is 4.93. The van der Waals surface area contributed by atoms with Gasteiger partial charge in [-0.2, -0.15) is 0 Å². The van der Waals surface area contributed by atoms with Crippen LogP contribution in [-0.2, 0) is 0 Å². The molecular formula is C16H32N2. The van der Waals surface area contributed by atoms with Gasteiger partial charge in [0.1, 0.15) is 0 Å². The fourth-order valence-electron chi connectivity index (χ4n) is 3.90. The molecule has 0 amide bonds. The Balaban J connectivity index is 1.88.